The summed E-state index contributed by atoms with van der Waals surface area (Å²) in [6.07, 6.45) is 5.00. The zero-order valence-electron chi connectivity index (χ0n) is 12.6. The van der Waals surface area contributed by atoms with E-state index in [0.29, 0.717) is 11.1 Å². The van der Waals surface area contributed by atoms with Crippen LogP contribution in [0.1, 0.15) is 36.8 Å². The van der Waals surface area contributed by atoms with Crippen LogP contribution in [-0.4, -0.2) is 21.4 Å². The van der Waals surface area contributed by atoms with Gasteiger partial charge in [0, 0.05) is 11.1 Å². The molecule has 0 saturated carbocycles. The fraction of sp³-hybridized carbons (Fsp3) is 0.368. The zero-order chi connectivity index (χ0) is 15.5. The Balaban J connectivity index is 2.07. The fourth-order valence-corrected chi connectivity index (χ4v) is 3.10. The summed E-state index contributed by atoms with van der Waals surface area (Å²) in [5.41, 5.74) is 3.55. The van der Waals surface area contributed by atoms with Crippen molar-refractivity contribution in [3.8, 4) is 22.6 Å². The zero-order valence-corrected chi connectivity index (χ0v) is 12.6. The van der Waals surface area contributed by atoms with E-state index in [1.54, 1.807) is 12.1 Å². The number of aliphatic hydroxyl groups is 1. The van der Waals surface area contributed by atoms with Gasteiger partial charge in [-0.2, -0.15) is 0 Å². The normalized spacial score (nSPS) is 18.9. The molecule has 0 spiro atoms. The Morgan fingerprint density at radius 1 is 0.727 bits per heavy atom. The molecule has 116 valence electrons. The van der Waals surface area contributed by atoms with Gasteiger partial charge in [0.2, 0.25) is 0 Å². The second kappa shape index (κ2) is 6.41. The minimum Gasteiger partial charge on any atom is -0.507 e. The SMILES string of the molecule is Oc1ccc2cc1-c1cc(ccc1O)CCC(O)CCCC2. The molecule has 0 fully saturated rings. The van der Waals surface area contributed by atoms with Crippen molar-refractivity contribution in [2.75, 3.05) is 0 Å². The molecule has 0 aromatic heterocycles. The molecule has 1 atom stereocenters. The van der Waals surface area contributed by atoms with Crippen LogP contribution in [0.25, 0.3) is 11.1 Å². The number of fused-ring (bicyclic) bond motifs is 5. The van der Waals surface area contributed by atoms with Gasteiger partial charge in [0.1, 0.15) is 11.5 Å². The van der Waals surface area contributed by atoms with Gasteiger partial charge in [-0.3, -0.25) is 0 Å². The number of phenols is 2. The molecule has 1 aliphatic carbocycles. The molecule has 0 radical (unpaired) electrons. The highest BCUT2D eigenvalue weighted by molar-refractivity contribution is 5.76. The highest BCUT2D eigenvalue weighted by Crippen LogP contribution is 2.37. The van der Waals surface area contributed by atoms with Crippen molar-refractivity contribution < 1.29 is 15.3 Å². The molecule has 3 rings (SSSR count). The van der Waals surface area contributed by atoms with Crippen molar-refractivity contribution in [1.29, 1.82) is 0 Å². The third-order valence-electron chi connectivity index (χ3n) is 4.43. The second-order valence-electron chi connectivity index (χ2n) is 6.14. The molecule has 2 aromatic carbocycles. The number of hydrogen-bond donors (Lipinski definition) is 3. The van der Waals surface area contributed by atoms with Crippen LogP contribution in [0.4, 0.5) is 0 Å². The van der Waals surface area contributed by atoms with Gasteiger partial charge < -0.3 is 15.3 Å². The fourth-order valence-electron chi connectivity index (χ4n) is 3.10. The third-order valence-corrected chi connectivity index (χ3v) is 4.43. The lowest BCUT2D eigenvalue weighted by Crippen LogP contribution is -2.08. The molecule has 0 amide bonds. The van der Waals surface area contributed by atoms with E-state index in [1.807, 2.05) is 24.3 Å². The van der Waals surface area contributed by atoms with Crippen LogP contribution in [0, 0.1) is 0 Å². The lowest BCUT2D eigenvalue weighted by atomic mass is 9.96. The van der Waals surface area contributed by atoms with Crippen LogP contribution in [0.15, 0.2) is 36.4 Å². The Labute approximate surface area is 130 Å². The van der Waals surface area contributed by atoms with Gasteiger partial charge in [-0.1, -0.05) is 18.6 Å². The first-order valence-electron chi connectivity index (χ1n) is 7.96. The smallest absolute Gasteiger partial charge is 0.123 e. The van der Waals surface area contributed by atoms with Gasteiger partial charge in [-0.05, 0) is 67.5 Å². The molecular formula is C19H22O3. The molecule has 1 unspecified atom stereocenters. The first-order chi connectivity index (χ1) is 10.6. The molecule has 0 saturated heterocycles. The van der Waals surface area contributed by atoms with Gasteiger partial charge in [0.15, 0.2) is 0 Å². The molecule has 2 aromatic rings. The third kappa shape index (κ3) is 3.25. The van der Waals surface area contributed by atoms with E-state index in [4.69, 9.17) is 0 Å². The highest BCUT2D eigenvalue weighted by Gasteiger charge is 2.13. The summed E-state index contributed by atoms with van der Waals surface area (Å²) >= 11 is 0. The number of phenolic OH excluding ortho intramolecular Hbond substituents is 2. The lowest BCUT2D eigenvalue weighted by Gasteiger charge is -2.12. The van der Waals surface area contributed by atoms with E-state index in [1.165, 1.54) is 0 Å². The molecule has 0 heterocycles. The molecule has 3 N–H and O–H groups in total. The van der Waals surface area contributed by atoms with Crippen molar-refractivity contribution in [3.63, 3.8) is 0 Å². The largest absolute Gasteiger partial charge is 0.507 e. The standard InChI is InChI=1S/C19H22O3/c20-15-4-2-1-3-13-6-9-18(21)16(11-13)17-12-14(5-8-15)7-10-19(17)22/h6-7,9-12,15,20-22H,1-5,8H2. The minimum absolute atomic E-state index is 0.173. The van der Waals surface area contributed by atoms with E-state index in [2.05, 4.69) is 0 Å². The van der Waals surface area contributed by atoms with Crippen LogP contribution in [0.3, 0.4) is 0 Å². The van der Waals surface area contributed by atoms with E-state index >= 15 is 0 Å². The first kappa shape index (κ1) is 14.9. The van der Waals surface area contributed by atoms with Crippen LogP contribution >= 0.6 is 0 Å². The Morgan fingerprint density at radius 2 is 1.32 bits per heavy atom. The molecule has 0 aliphatic heterocycles. The van der Waals surface area contributed by atoms with Gasteiger partial charge in [0.25, 0.3) is 0 Å². The Kier molecular flexibility index (Phi) is 4.34. The van der Waals surface area contributed by atoms with Gasteiger partial charge in [-0.15, -0.1) is 0 Å². The highest BCUT2D eigenvalue weighted by atomic mass is 16.3. The first-order valence-corrected chi connectivity index (χ1v) is 7.96. The summed E-state index contributed by atoms with van der Waals surface area (Å²) in [4.78, 5) is 0. The molecule has 1 aliphatic rings. The number of aryl methyl sites for hydroxylation is 2. The quantitative estimate of drug-likeness (QED) is 0.693. The number of benzene rings is 2. The van der Waals surface area contributed by atoms with Crippen molar-refractivity contribution in [3.05, 3.63) is 47.5 Å². The van der Waals surface area contributed by atoms with Crippen LogP contribution < -0.4 is 0 Å². The summed E-state index contributed by atoms with van der Waals surface area (Å²) in [6, 6.07) is 11.1. The summed E-state index contributed by atoms with van der Waals surface area (Å²) in [5.74, 6) is 0.359. The predicted molar refractivity (Wildman–Crippen MR) is 87.1 cm³/mol. The van der Waals surface area contributed by atoms with Gasteiger partial charge in [-0.25, -0.2) is 0 Å². The van der Waals surface area contributed by atoms with Crippen molar-refractivity contribution >= 4 is 0 Å². The Bertz CT molecular complexity index is 664. The number of aromatic hydroxyl groups is 2. The van der Waals surface area contributed by atoms with Crippen LogP contribution in [-0.2, 0) is 12.8 Å². The van der Waals surface area contributed by atoms with Crippen molar-refractivity contribution in [2.45, 2.75) is 44.6 Å². The van der Waals surface area contributed by atoms with Gasteiger partial charge >= 0.3 is 0 Å². The maximum Gasteiger partial charge on any atom is 0.123 e. The average Bonchev–Trinajstić information content (AvgIpc) is 2.52. The monoisotopic (exact) mass is 298 g/mol. The molecular weight excluding hydrogens is 276 g/mol. The molecule has 3 nitrogen and oxygen atoms in total. The Hall–Kier alpha value is -2.00. The van der Waals surface area contributed by atoms with Gasteiger partial charge in [0.05, 0.1) is 6.10 Å². The van der Waals surface area contributed by atoms with E-state index in [-0.39, 0.29) is 17.6 Å². The topological polar surface area (TPSA) is 60.7 Å². The minimum atomic E-state index is -0.269. The molecule has 3 heteroatoms. The number of aliphatic hydroxyl groups excluding tert-OH is 1. The van der Waals surface area contributed by atoms with Crippen LogP contribution in [0.5, 0.6) is 11.5 Å². The van der Waals surface area contributed by atoms with E-state index in [9.17, 15) is 15.3 Å². The van der Waals surface area contributed by atoms with Crippen molar-refractivity contribution in [1.82, 2.24) is 0 Å². The van der Waals surface area contributed by atoms with E-state index < -0.39 is 0 Å². The summed E-state index contributed by atoms with van der Waals surface area (Å²) in [6.45, 7) is 0. The summed E-state index contributed by atoms with van der Waals surface area (Å²) in [7, 11) is 0. The number of hydrogen-bond acceptors (Lipinski definition) is 3. The summed E-state index contributed by atoms with van der Waals surface area (Å²) < 4.78 is 0. The molecule has 22 heavy (non-hydrogen) atoms. The van der Waals surface area contributed by atoms with Crippen LogP contribution in [0.2, 0.25) is 0 Å². The molecule has 4 bridgehead atoms. The summed E-state index contributed by atoms with van der Waals surface area (Å²) in [5, 5.41) is 30.4. The maximum atomic E-state index is 10.2. The lowest BCUT2D eigenvalue weighted by molar-refractivity contribution is 0.151. The van der Waals surface area contributed by atoms with E-state index in [0.717, 1.165) is 49.7 Å². The van der Waals surface area contributed by atoms with Crippen molar-refractivity contribution in [2.24, 2.45) is 0 Å². The second-order valence-corrected chi connectivity index (χ2v) is 6.14. The maximum absolute atomic E-state index is 10.2. The number of rotatable bonds is 0. The predicted octanol–water partition coefficient (Wildman–Crippen LogP) is 3.78. The average molecular weight is 298 g/mol. The Morgan fingerprint density at radius 3 is 1.95 bits per heavy atom.